The van der Waals surface area contributed by atoms with Crippen molar-refractivity contribution in [2.24, 2.45) is 17.3 Å². The maximum absolute atomic E-state index is 13.7. The van der Waals surface area contributed by atoms with E-state index in [1.54, 1.807) is 26.0 Å². The lowest BCUT2D eigenvalue weighted by Gasteiger charge is -2.36. The van der Waals surface area contributed by atoms with Crippen LogP contribution in [0.1, 0.15) is 83.3 Å². The number of epoxide rings is 1. The van der Waals surface area contributed by atoms with Crippen molar-refractivity contribution in [2.45, 2.75) is 110 Å². The van der Waals surface area contributed by atoms with Crippen LogP contribution < -0.4 is 5.32 Å². The number of fused-ring (bicyclic) bond motifs is 1. The minimum atomic E-state index is -1.23. The van der Waals surface area contributed by atoms with Crippen molar-refractivity contribution < 1.29 is 24.5 Å². The van der Waals surface area contributed by atoms with Gasteiger partial charge in [0, 0.05) is 22.8 Å². The van der Waals surface area contributed by atoms with Gasteiger partial charge in [-0.3, -0.25) is 9.59 Å². The van der Waals surface area contributed by atoms with Gasteiger partial charge in [-0.05, 0) is 51.5 Å². The summed E-state index contributed by atoms with van der Waals surface area (Å²) in [5.41, 5.74) is -0.839. The number of carbonyl (C=O) groups is 2. The molecule has 3 rings (SSSR count). The lowest BCUT2D eigenvalue weighted by atomic mass is 9.71. The molecule has 1 amide bonds. The fourth-order valence-corrected chi connectivity index (χ4v) is 6.20. The minimum absolute atomic E-state index is 0.0801. The number of halogens is 1. The van der Waals surface area contributed by atoms with Gasteiger partial charge in [0.2, 0.25) is 5.91 Å². The zero-order valence-corrected chi connectivity index (χ0v) is 24.8. The maximum atomic E-state index is 13.7. The molecule has 1 aromatic heterocycles. The molecule has 2 aliphatic rings. The van der Waals surface area contributed by atoms with E-state index in [9.17, 15) is 19.8 Å². The minimum Gasteiger partial charge on any atom is -0.392 e. The van der Waals surface area contributed by atoms with E-state index in [2.05, 4.69) is 23.8 Å². The number of aryl methyl sites for hydroxylation is 1. The summed E-state index contributed by atoms with van der Waals surface area (Å²) in [6.07, 6.45) is 4.95. The van der Waals surface area contributed by atoms with Gasteiger partial charge in [-0.15, -0.1) is 17.9 Å². The number of allylic oxidation sites excluding steroid dienone is 1. The number of aliphatic hydroxyl groups excluding tert-OH is 2. The average molecular weight is 567 g/mol. The first-order chi connectivity index (χ1) is 17.8. The lowest BCUT2D eigenvalue weighted by molar-refractivity contribution is -0.144. The molecular formula is C29H43ClN2O5S. The first-order valence-electron chi connectivity index (χ1n) is 13.6. The molecule has 2 saturated heterocycles. The number of carbonyl (C=O) groups excluding carboxylic acids is 2. The number of rotatable bonds is 5. The van der Waals surface area contributed by atoms with Crippen LogP contribution in [0.3, 0.4) is 0 Å². The number of nitrogens with one attached hydrogen (secondary N) is 1. The van der Waals surface area contributed by atoms with Crippen molar-refractivity contribution >= 4 is 40.7 Å². The van der Waals surface area contributed by atoms with E-state index in [0.29, 0.717) is 24.3 Å². The first-order valence-corrected chi connectivity index (χ1v) is 14.8. The molecule has 3 N–H and O–H groups in total. The number of amides is 1. The summed E-state index contributed by atoms with van der Waals surface area (Å²) in [4.78, 5) is 31.3. The SMILES string of the molecule is C=CCCC1C(=O)C(C)(C)C(O)CC(=O)NC(C(Cl)=Cc2csc(C)n2)CC2OC2(C)CCCC(C)C1O. The molecule has 7 atom stereocenters. The van der Waals surface area contributed by atoms with Crippen molar-refractivity contribution in [2.75, 3.05) is 0 Å². The van der Waals surface area contributed by atoms with Gasteiger partial charge in [0.25, 0.3) is 0 Å². The molecule has 3 heterocycles. The molecule has 7 unspecified atom stereocenters. The molecular weight excluding hydrogens is 524 g/mol. The third kappa shape index (κ3) is 7.54. The van der Waals surface area contributed by atoms with Gasteiger partial charge in [0.15, 0.2) is 0 Å². The summed E-state index contributed by atoms with van der Waals surface area (Å²) in [6, 6.07) is -0.516. The van der Waals surface area contributed by atoms with E-state index in [1.165, 1.54) is 11.3 Å². The molecule has 0 radical (unpaired) electrons. The van der Waals surface area contributed by atoms with Crippen molar-refractivity contribution in [3.05, 3.63) is 33.8 Å². The van der Waals surface area contributed by atoms with Crippen LogP contribution in [-0.2, 0) is 14.3 Å². The summed E-state index contributed by atoms with van der Waals surface area (Å²) in [6.45, 7) is 13.0. The van der Waals surface area contributed by atoms with Crippen molar-refractivity contribution in [3.63, 3.8) is 0 Å². The molecule has 2 fully saturated rings. The number of aliphatic hydroxyl groups is 2. The van der Waals surface area contributed by atoms with Gasteiger partial charge < -0.3 is 20.3 Å². The maximum Gasteiger partial charge on any atom is 0.223 e. The number of Topliss-reactive ketones (excluding diaryl/α,β-unsaturated/α-hetero) is 1. The summed E-state index contributed by atoms with van der Waals surface area (Å²) >= 11 is 8.24. The van der Waals surface area contributed by atoms with Crippen LogP contribution in [0.4, 0.5) is 0 Å². The number of aromatic nitrogens is 1. The van der Waals surface area contributed by atoms with Crippen LogP contribution in [0, 0.1) is 24.2 Å². The predicted octanol–water partition coefficient (Wildman–Crippen LogP) is 5.17. The summed E-state index contributed by atoms with van der Waals surface area (Å²) in [7, 11) is 0. The molecule has 212 valence electrons. The number of nitrogens with zero attached hydrogens (tertiary/aromatic N) is 1. The highest BCUT2D eigenvalue weighted by Gasteiger charge is 2.52. The fraction of sp³-hybridized carbons (Fsp3) is 0.690. The van der Waals surface area contributed by atoms with Gasteiger partial charge in [0.05, 0.1) is 52.5 Å². The Hall–Kier alpha value is -1.58. The zero-order chi connectivity index (χ0) is 28.3. The lowest BCUT2D eigenvalue weighted by Crippen LogP contribution is -2.48. The van der Waals surface area contributed by atoms with Gasteiger partial charge in [-0.2, -0.15) is 0 Å². The van der Waals surface area contributed by atoms with E-state index < -0.39 is 35.5 Å². The third-order valence-corrected chi connectivity index (χ3v) is 9.43. The smallest absolute Gasteiger partial charge is 0.223 e. The summed E-state index contributed by atoms with van der Waals surface area (Å²) in [5, 5.41) is 28.5. The molecule has 0 aliphatic carbocycles. The average Bonchev–Trinajstić information content (AvgIpc) is 3.29. The Bertz CT molecular complexity index is 1040. The van der Waals surface area contributed by atoms with E-state index >= 15 is 0 Å². The number of hydrogen-bond donors (Lipinski definition) is 3. The Morgan fingerprint density at radius 2 is 2.05 bits per heavy atom. The van der Waals surface area contributed by atoms with Crippen LogP contribution in [0.5, 0.6) is 0 Å². The van der Waals surface area contributed by atoms with Crippen LogP contribution in [0.25, 0.3) is 6.08 Å². The zero-order valence-electron chi connectivity index (χ0n) is 23.2. The highest BCUT2D eigenvalue weighted by atomic mass is 35.5. The van der Waals surface area contributed by atoms with Crippen molar-refractivity contribution in [3.8, 4) is 0 Å². The van der Waals surface area contributed by atoms with Gasteiger partial charge in [-0.1, -0.05) is 44.9 Å². The standard InChI is InChI=1S/C29H43ClN2O5S/c1-7-8-11-20-26(35)17(2)10-9-12-29(6)24(37-29)14-22(21(30)13-19-16-38-18(3)31-19)32-25(34)15-23(33)28(4,5)27(20)36/h7,13,16-17,20,22-24,26,33,35H,1,8-12,14-15H2,2-6H3,(H,32,34). The highest BCUT2D eigenvalue weighted by molar-refractivity contribution is 7.09. The molecule has 0 aromatic carbocycles. The van der Waals surface area contributed by atoms with Crippen molar-refractivity contribution in [1.82, 2.24) is 10.3 Å². The van der Waals surface area contributed by atoms with Crippen LogP contribution >= 0.6 is 22.9 Å². The molecule has 38 heavy (non-hydrogen) atoms. The van der Waals surface area contributed by atoms with E-state index in [4.69, 9.17) is 16.3 Å². The highest BCUT2D eigenvalue weighted by Crippen LogP contribution is 2.45. The second-order valence-corrected chi connectivity index (χ2v) is 13.2. The second kappa shape index (κ2) is 12.7. The van der Waals surface area contributed by atoms with E-state index in [1.807, 2.05) is 19.2 Å². The molecule has 9 heteroatoms. The van der Waals surface area contributed by atoms with Crippen LogP contribution in [-0.4, -0.2) is 56.8 Å². The molecule has 7 nitrogen and oxygen atoms in total. The molecule has 1 aromatic rings. The number of thiazole rings is 1. The van der Waals surface area contributed by atoms with E-state index in [0.717, 1.165) is 30.0 Å². The van der Waals surface area contributed by atoms with E-state index in [-0.39, 0.29) is 29.8 Å². The number of ether oxygens (including phenoxy) is 1. The Balaban J connectivity index is 1.88. The topological polar surface area (TPSA) is 112 Å². The number of ketones is 1. The Labute approximate surface area is 235 Å². The Morgan fingerprint density at radius 3 is 2.68 bits per heavy atom. The first kappa shape index (κ1) is 31.0. The second-order valence-electron chi connectivity index (χ2n) is 11.7. The Morgan fingerprint density at radius 1 is 1.34 bits per heavy atom. The monoisotopic (exact) mass is 566 g/mol. The van der Waals surface area contributed by atoms with Gasteiger partial charge >= 0.3 is 0 Å². The largest absolute Gasteiger partial charge is 0.392 e. The number of hydrogen-bond acceptors (Lipinski definition) is 7. The summed E-state index contributed by atoms with van der Waals surface area (Å²) < 4.78 is 6.08. The predicted molar refractivity (Wildman–Crippen MR) is 152 cm³/mol. The van der Waals surface area contributed by atoms with Gasteiger partial charge in [0.1, 0.15) is 5.78 Å². The van der Waals surface area contributed by atoms with Crippen molar-refractivity contribution in [1.29, 1.82) is 0 Å². The van der Waals surface area contributed by atoms with Crippen LogP contribution in [0.2, 0.25) is 0 Å². The summed E-state index contributed by atoms with van der Waals surface area (Å²) in [5.74, 6) is -1.41. The molecule has 0 saturated carbocycles. The normalized spacial score (nSPS) is 35.3. The fourth-order valence-electron chi connectivity index (χ4n) is 5.37. The molecule has 0 spiro atoms. The molecule has 0 bridgehead atoms. The van der Waals surface area contributed by atoms with Crippen LogP contribution in [0.15, 0.2) is 23.1 Å². The molecule has 2 aliphatic heterocycles. The third-order valence-electron chi connectivity index (χ3n) is 8.27. The Kier molecular flexibility index (Phi) is 10.4. The quantitative estimate of drug-likeness (QED) is 0.335. The van der Waals surface area contributed by atoms with Gasteiger partial charge in [-0.25, -0.2) is 4.98 Å².